The molecule has 6 saturated carbocycles. The molecule has 0 saturated heterocycles. The summed E-state index contributed by atoms with van der Waals surface area (Å²) in [6.45, 7) is 17.6. The van der Waals surface area contributed by atoms with E-state index >= 15 is 0 Å². The summed E-state index contributed by atoms with van der Waals surface area (Å²) in [4.78, 5) is 37.6. The molecule has 6 fully saturated rings. The number of fused-ring (bicyclic) bond motifs is 4. The molecule has 11 atom stereocenters. The molecule has 6 aliphatic carbocycles. The Kier molecular flexibility index (Phi) is 12.7. The fourth-order valence-corrected chi connectivity index (χ4v) is 12.7. The van der Waals surface area contributed by atoms with Crippen molar-refractivity contribution in [2.24, 2.45) is 71.0 Å². The van der Waals surface area contributed by atoms with Crippen LogP contribution < -0.4 is 0 Å². The minimum atomic E-state index is -0.398. The van der Waals surface area contributed by atoms with Crippen molar-refractivity contribution in [3.05, 3.63) is 0 Å². The lowest BCUT2D eigenvalue weighted by molar-refractivity contribution is -0.175. The van der Waals surface area contributed by atoms with Gasteiger partial charge >= 0.3 is 11.9 Å². The molecule has 4 bridgehead atoms. The first-order chi connectivity index (χ1) is 23.3. The van der Waals surface area contributed by atoms with Gasteiger partial charge in [-0.3, -0.25) is 14.4 Å². The SMILES string of the molecule is CCC1C2CC(C(=O)OC(C)(C)C3CCC(O)CC3)C(C2)C1CC.CCC1C2CC(C(=O)OC(C)(CC)C3CCC(=O)CC3)C(C2)C1CC. The second-order valence-electron chi connectivity index (χ2n) is 18.2. The number of carbonyl (C=O) groups excluding carboxylic acids is 3. The number of hydrogen-bond donors (Lipinski definition) is 1. The van der Waals surface area contributed by atoms with E-state index in [2.05, 4.69) is 55.4 Å². The van der Waals surface area contributed by atoms with Crippen molar-refractivity contribution in [1.82, 2.24) is 0 Å². The van der Waals surface area contributed by atoms with Gasteiger partial charge in [0.1, 0.15) is 17.0 Å². The Balaban J connectivity index is 0.000000191. The van der Waals surface area contributed by atoms with E-state index in [9.17, 15) is 19.5 Å². The van der Waals surface area contributed by atoms with E-state index in [1.54, 1.807) is 0 Å². The monoisotopic (exact) mass is 685 g/mol. The smallest absolute Gasteiger partial charge is 0.309 e. The number of rotatable bonds is 11. The third-order valence-corrected chi connectivity index (χ3v) is 15.7. The van der Waals surface area contributed by atoms with Crippen molar-refractivity contribution in [2.75, 3.05) is 0 Å². The van der Waals surface area contributed by atoms with Crippen LogP contribution in [0.25, 0.3) is 0 Å². The van der Waals surface area contributed by atoms with Gasteiger partial charge in [-0.25, -0.2) is 0 Å². The standard InChI is InChI=1S/C22H36O3.C21H36O3/c1-5-17-14-12-19(18(17)6-2)20(13-14)21(24)25-22(4,7-3)15-8-10-16(23)11-9-15;1-5-16-13-11-18(17(16)6-2)19(12-13)20(23)24-21(3,4)14-7-9-15(22)10-8-14/h14-15,17-20H,5-13H2,1-4H3;13-19,22H,5-12H2,1-4H3. The van der Waals surface area contributed by atoms with E-state index in [1.807, 2.05) is 0 Å². The molecule has 49 heavy (non-hydrogen) atoms. The molecular weight excluding hydrogens is 612 g/mol. The summed E-state index contributed by atoms with van der Waals surface area (Å²) in [6.07, 6.45) is 16.8. The molecule has 0 aromatic rings. The van der Waals surface area contributed by atoms with Crippen LogP contribution in [0.5, 0.6) is 0 Å². The Morgan fingerprint density at radius 3 is 1.51 bits per heavy atom. The van der Waals surface area contributed by atoms with Crippen LogP contribution in [-0.4, -0.2) is 40.1 Å². The second-order valence-corrected chi connectivity index (χ2v) is 18.2. The predicted molar refractivity (Wildman–Crippen MR) is 194 cm³/mol. The van der Waals surface area contributed by atoms with Crippen molar-refractivity contribution in [3.8, 4) is 0 Å². The Hall–Kier alpha value is -1.43. The number of hydrogen-bond acceptors (Lipinski definition) is 6. The second kappa shape index (κ2) is 16.1. The highest BCUT2D eigenvalue weighted by atomic mass is 16.6. The fraction of sp³-hybridized carbons (Fsp3) is 0.930. The van der Waals surface area contributed by atoms with Crippen LogP contribution in [0.3, 0.4) is 0 Å². The highest BCUT2D eigenvalue weighted by Crippen LogP contribution is 2.59. The largest absolute Gasteiger partial charge is 0.459 e. The molecule has 11 unspecified atom stereocenters. The number of carbonyl (C=O) groups is 3. The summed E-state index contributed by atoms with van der Waals surface area (Å²) < 4.78 is 12.3. The third-order valence-electron chi connectivity index (χ3n) is 15.7. The predicted octanol–water partition coefficient (Wildman–Crippen LogP) is 9.73. The first-order valence-corrected chi connectivity index (χ1v) is 21.0. The third kappa shape index (κ3) is 7.99. The van der Waals surface area contributed by atoms with Gasteiger partial charge in [-0.15, -0.1) is 0 Å². The zero-order valence-corrected chi connectivity index (χ0v) is 32.5. The summed E-state index contributed by atoms with van der Waals surface area (Å²) in [5.41, 5.74) is -0.795. The molecule has 0 amide bonds. The van der Waals surface area contributed by atoms with Crippen LogP contribution in [0.2, 0.25) is 0 Å². The lowest BCUT2D eigenvalue weighted by atomic mass is 9.71. The van der Waals surface area contributed by atoms with E-state index in [1.165, 1.54) is 38.5 Å². The molecule has 0 aromatic carbocycles. The molecule has 0 spiro atoms. The van der Waals surface area contributed by atoms with Gasteiger partial charge in [0.25, 0.3) is 0 Å². The van der Waals surface area contributed by atoms with Crippen molar-refractivity contribution >= 4 is 17.7 Å². The zero-order chi connectivity index (χ0) is 35.7. The van der Waals surface area contributed by atoms with Gasteiger partial charge in [-0.2, -0.15) is 0 Å². The summed E-state index contributed by atoms with van der Waals surface area (Å²) in [5, 5.41) is 9.72. The topological polar surface area (TPSA) is 89.9 Å². The van der Waals surface area contributed by atoms with E-state index in [0.717, 1.165) is 87.4 Å². The molecule has 0 heterocycles. The molecule has 6 rings (SSSR count). The summed E-state index contributed by atoms with van der Waals surface area (Å²) in [5.74, 6) is 7.12. The molecule has 6 nitrogen and oxygen atoms in total. The normalized spacial score (nSPS) is 40.1. The number of ketones is 1. The summed E-state index contributed by atoms with van der Waals surface area (Å²) >= 11 is 0. The molecule has 1 N–H and O–H groups in total. The molecule has 0 radical (unpaired) electrons. The number of ether oxygens (including phenoxy) is 2. The number of aliphatic hydroxyl groups is 1. The van der Waals surface area contributed by atoms with E-state index < -0.39 is 11.2 Å². The number of Topliss-reactive ketones (excluding diaryl/α,β-unsaturated/α-hetero) is 1. The molecule has 6 aliphatic rings. The van der Waals surface area contributed by atoms with Crippen molar-refractivity contribution in [2.45, 2.75) is 182 Å². The average Bonchev–Trinajstić information content (AvgIpc) is 3.87. The Morgan fingerprint density at radius 2 is 1.08 bits per heavy atom. The zero-order valence-electron chi connectivity index (χ0n) is 32.5. The van der Waals surface area contributed by atoms with Crippen LogP contribution >= 0.6 is 0 Å². The molecule has 280 valence electrons. The van der Waals surface area contributed by atoms with Gasteiger partial charge in [0, 0.05) is 12.8 Å². The van der Waals surface area contributed by atoms with Gasteiger partial charge < -0.3 is 14.6 Å². The highest BCUT2D eigenvalue weighted by Gasteiger charge is 2.56. The van der Waals surface area contributed by atoms with E-state index in [-0.39, 0.29) is 29.9 Å². The lowest BCUT2D eigenvalue weighted by Crippen LogP contribution is -2.44. The molecule has 6 heteroatoms. The van der Waals surface area contributed by atoms with Gasteiger partial charge in [0.05, 0.1) is 17.9 Å². The van der Waals surface area contributed by atoms with Crippen LogP contribution in [0.4, 0.5) is 0 Å². The minimum absolute atomic E-state index is 0.0572. The van der Waals surface area contributed by atoms with Crippen LogP contribution in [0.15, 0.2) is 0 Å². The Labute approximate surface area is 299 Å². The number of aliphatic hydroxyl groups excluding tert-OH is 1. The highest BCUT2D eigenvalue weighted by molar-refractivity contribution is 5.79. The van der Waals surface area contributed by atoms with Crippen molar-refractivity contribution in [1.29, 1.82) is 0 Å². The summed E-state index contributed by atoms with van der Waals surface area (Å²) in [7, 11) is 0. The molecule has 0 aromatic heterocycles. The molecule has 0 aliphatic heterocycles. The van der Waals surface area contributed by atoms with Gasteiger partial charge in [-0.1, -0.05) is 60.3 Å². The van der Waals surface area contributed by atoms with Gasteiger partial charge in [0.15, 0.2) is 0 Å². The molecular formula is C43H72O6. The first-order valence-electron chi connectivity index (χ1n) is 21.0. The average molecular weight is 685 g/mol. The van der Waals surface area contributed by atoms with Gasteiger partial charge in [-0.05, 0) is 151 Å². The van der Waals surface area contributed by atoms with E-state index in [0.29, 0.717) is 48.2 Å². The number of esters is 2. The van der Waals surface area contributed by atoms with Gasteiger partial charge in [0.2, 0.25) is 0 Å². The van der Waals surface area contributed by atoms with Crippen LogP contribution in [-0.2, 0) is 23.9 Å². The fourth-order valence-electron chi connectivity index (χ4n) is 12.7. The maximum Gasteiger partial charge on any atom is 0.309 e. The van der Waals surface area contributed by atoms with Crippen LogP contribution in [0.1, 0.15) is 165 Å². The lowest BCUT2D eigenvalue weighted by Gasteiger charge is -2.41. The van der Waals surface area contributed by atoms with Crippen LogP contribution in [0, 0.1) is 71.0 Å². The maximum absolute atomic E-state index is 13.1. The quantitative estimate of drug-likeness (QED) is 0.218. The summed E-state index contributed by atoms with van der Waals surface area (Å²) in [6, 6.07) is 0. The maximum atomic E-state index is 13.1. The minimum Gasteiger partial charge on any atom is -0.459 e. The Morgan fingerprint density at radius 1 is 0.633 bits per heavy atom. The Bertz CT molecular complexity index is 1130. The van der Waals surface area contributed by atoms with E-state index in [4.69, 9.17) is 9.47 Å². The van der Waals surface area contributed by atoms with Crippen molar-refractivity contribution in [3.63, 3.8) is 0 Å². The van der Waals surface area contributed by atoms with Crippen molar-refractivity contribution < 1.29 is 29.0 Å². The first kappa shape index (κ1) is 38.8.